The van der Waals surface area contributed by atoms with Gasteiger partial charge in [-0.25, -0.2) is 17.9 Å². The molecule has 0 aliphatic rings. The van der Waals surface area contributed by atoms with Gasteiger partial charge in [0.2, 0.25) is 10.0 Å². The van der Waals surface area contributed by atoms with Gasteiger partial charge < -0.3 is 10.6 Å². The van der Waals surface area contributed by atoms with Crippen LogP contribution in [-0.2, 0) is 16.4 Å². The highest BCUT2D eigenvalue weighted by molar-refractivity contribution is 7.88. The molecular formula is C10H17N3O3S2. The Balaban J connectivity index is 2.04. The first-order chi connectivity index (χ1) is 8.47. The summed E-state index contributed by atoms with van der Waals surface area (Å²) in [5.74, 6) is 0. The second-order valence-corrected chi connectivity index (χ2v) is 6.54. The number of carbonyl (C=O) groups excluding carboxylic acids is 1. The monoisotopic (exact) mass is 291 g/mol. The van der Waals surface area contributed by atoms with Crippen LogP contribution >= 0.6 is 11.3 Å². The lowest BCUT2D eigenvalue weighted by Gasteiger charge is -2.07. The quantitative estimate of drug-likeness (QED) is 0.624. The fourth-order valence-electron chi connectivity index (χ4n) is 1.23. The van der Waals surface area contributed by atoms with Crippen LogP contribution in [0.25, 0.3) is 0 Å². The fraction of sp³-hybridized carbons (Fsp3) is 0.500. The first-order valence-electron chi connectivity index (χ1n) is 5.46. The largest absolute Gasteiger partial charge is 0.338 e. The number of amides is 2. The van der Waals surface area contributed by atoms with E-state index in [1.165, 1.54) is 4.88 Å². The zero-order valence-corrected chi connectivity index (χ0v) is 11.7. The number of hydrogen-bond donors (Lipinski definition) is 3. The van der Waals surface area contributed by atoms with E-state index in [0.29, 0.717) is 6.54 Å². The molecule has 0 radical (unpaired) electrons. The van der Waals surface area contributed by atoms with Crippen LogP contribution in [0.5, 0.6) is 0 Å². The van der Waals surface area contributed by atoms with E-state index >= 15 is 0 Å². The van der Waals surface area contributed by atoms with Gasteiger partial charge in [0.1, 0.15) is 0 Å². The molecule has 1 heterocycles. The highest BCUT2D eigenvalue weighted by atomic mass is 32.2. The third-order valence-corrected chi connectivity index (χ3v) is 3.68. The highest BCUT2D eigenvalue weighted by Crippen LogP contribution is 2.07. The van der Waals surface area contributed by atoms with Crippen LogP contribution in [0, 0.1) is 0 Å². The van der Waals surface area contributed by atoms with Gasteiger partial charge in [-0.2, -0.15) is 0 Å². The average molecular weight is 291 g/mol. The van der Waals surface area contributed by atoms with Gasteiger partial charge >= 0.3 is 6.03 Å². The number of thiophene rings is 1. The second-order valence-electron chi connectivity index (χ2n) is 3.68. The van der Waals surface area contributed by atoms with E-state index in [-0.39, 0.29) is 19.1 Å². The molecule has 6 nitrogen and oxygen atoms in total. The van der Waals surface area contributed by atoms with Gasteiger partial charge in [0.05, 0.1) is 6.26 Å². The van der Waals surface area contributed by atoms with E-state index in [1.54, 1.807) is 11.3 Å². The summed E-state index contributed by atoms with van der Waals surface area (Å²) >= 11 is 1.65. The Morgan fingerprint density at radius 3 is 2.61 bits per heavy atom. The molecule has 0 saturated heterocycles. The first-order valence-corrected chi connectivity index (χ1v) is 8.23. The number of hydrogen-bond acceptors (Lipinski definition) is 4. The third-order valence-electron chi connectivity index (χ3n) is 2.01. The van der Waals surface area contributed by atoms with Crippen LogP contribution in [0.2, 0.25) is 0 Å². The lowest BCUT2D eigenvalue weighted by Crippen LogP contribution is -2.40. The van der Waals surface area contributed by atoms with Gasteiger partial charge in [-0.1, -0.05) is 6.07 Å². The summed E-state index contributed by atoms with van der Waals surface area (Å²) < 4.78 is 23.8. The van der Waals surface area contributed by atoms with Crippen LogP contribution in [0.4, 0.5) is 4.79 Å². The van der Waals surface area contributed by atoms with Crippen molar-refractivity contribution < 1.29 is 13.2 Å². The van der Waals surface area contributed by atoms with Crippen molar-refractivity contribution in [3.8, 4) is 0 Å². The minimum atomic E-state index is -3.19. The van der Waals surface area contributed by atoms with Crippen LogP contribution in [-0.4, -0.2) is 40.3 Å². The first kappa shape index (κ1) is 14.9. The predicted octanol–water partition coefficient (Wildman–Crippen LogP) is 0.139. The topological polar surface area (TPSA) is 87.3 Å². The molecule has 0 bridgehead atoms. The average Bonchev–Trinajstić information content (AvgIpc) is 2.76. The van der Waals surface area contributed by atoms with Crippen molar-refractivity contribution in [3.05, 3.63) is 22.4 Å². The summed E-state index contributed by atoms with van der Waals surface area (Å²) in [7, 11) is -3.19. The summed E-state index contributed by atoms with van der Waals surface area (Å²) in [5, 5.41) is 7.25. The molecule has 0 spiro atoms. The number of sulfonamides is 1. The third kappa shape index (κ3) is 7.25. The molecular weight excluding hydrogens is 274 g/mol. The summed E-state index contributed by atoms with van der Waals surface area (Å²) in [6.07, 6.45) is 1.88. The Labute approximate surface area is 111 Å². The SMILES string of the molecule is CS(=O)(=O)NCCNC(=O)NCCc1cccs1. The van der Waals surface area contributed by atoms with Gasteiger partial charge in [0.25, 0.3) is 0 Å². The molecule has 0 saturated carbocycles. The molecule has 0 aliphatic heterocycles. The van der Waals surface area contributed by atoms with Crippen molar-refractivity contribution in [1.82, 2.24) is 15.4 Å². The van der Waals surface area contributed by atoms with Gasteiger partial charge in [-0.05, 0) is 17.9 Å². The Bertz CT molecular complexity index is 457. The number of nitrogens with one attached hydrogen (secondary N) is 3. The Hall–Kier alpha value is -1.12. The normalized spacial score (nSPS) is 11.2. The minimum absolute atomic E-state index is 0.192. The molecule has 1 aromatic heterocycles. The molecule has 0 atom stereocenters. The Kier molecular flexibility index (Phi) is 6.10. The van der Waals surface area contributed by atoms with E-state index < -0.39 is 10.0 Å². The van der Waals surface area contributed by atoms with Gasteiger partial charge in [-0.3, -0.25) is 0 Å². The number of urea groups is 1. The smallest absolute Gasteiger partial charge is 0.314 e. The second kappa shape index (κ2) is 7.34. The van der Waals surface area contributed by atoms with Crippen molar-refractivity contribution in [1.29, 1.82) is 0 Å². The number of carbonyl (C=O) groups is 1. The van der Waals surface area contributed by atoms with E-state index in [1.807, 2.05) is 17.5 Å². The molecule has 2 amide bonds. The zero-order chi connectivity index (χ0) is 13.4. The molecule has 102 valence electrons. The van der Waals surface area contributed by atoms with Gasteiger partial charge in [0.15, 0.2) is 0 Å². The zero-order valence-electron chi connectivity index (χ0n) is 10.1. The predicted molar refractivity (Wildman–Crippen MR) is 72.3 cm³/mol. The number of rotatable bonds is 7. The maximum atomic E-state index is 11.3. The van der Waals surface area contributed by atoms with Crippen molar-refractivity contribution in [2.75, 3.05) is 25.9 Å². The van der Waals surface area contributed by atoms with E-state index in [4.69, 9.17) is 0 Å². The van der Waals surface area contributed by atoms with E-state index in [2.05, 4.69) is 15.4 Å². The summed E-state index contributed by atoms with van der Waals surface area (Å²) in [4.78, 5) is 12.5. The maximum Gasteiger partial charge on any atom is 0.314 e. The highest BCUT2D eigenvalue weighted by Gasteiger charge is 2.02. The molecule has 0 fully saturated rings. The molecule has 0 aliphatic carbocycles. The molecule has 1 rings (SSSR count). The van der Waals surface area contributed by atoms with Crippen LogP contribution in [0.3, 0.4) is 0 Å². The summed E-state index contributed by atoms with van der Waals surface area (Å²) in [5.41, 5.74) is 0. The van der Waals surface area contributed by atoms with Crippen molar-refractivity contribution >= 4 is 27.4 Å². The lowest BCUT2D eigenvalue weighted by molar-refractivity contribution is 0.241. The van der Waals surface area contributed by atoms with Crippen molar-refractivity contribution in [2.24, 2.45) is 0 Å². The van der Waals surface area contributed by atoms with Gasteiger partial charge in [0, 0.05) is 24.5 Å². The molecule has 0 unspecified atom stereocenters. The van der Waals surface area contributed by atoms with Gasteiger partial charge in [-0.15, -0.1) is 11.3 Å². The van der Waals surface area contributed by atoms with Crippen molar-refractivity contribution in [3.63, 3.8) is 0 Å². The van der Waals surface area contributed by atoms with Crippen LogP contribution in [0.1, 0.15) is 4.88 Å². The van der Waals surface area contributed by atoms with Crippen molar-refractivity contribution in [2.45, 2.75) is 6.42 Å². The standard InChI is InChI=1S/C10H17N3O3S2/c1-18(15,16)13-7-6-12-10(14)11-5-4-9-3-2-8-17-9/h2-3,8,13H,4-7H2,1H3,(H2,11,12,14). The Morgan fingerprint density at radius 2 is 2.00 bits per heavy atom. The molecule has 1 aromatic rings. The lowest BCUT2D eigenvalue weighted by atomic mass is 10.3. The molecule has 3 N–H and O–H groups in total. The summed E-state index contributed by atoms with van der Waals surface area (Å²) in [6.45, 7) is 1.01. The minimum Gasteiger partial charge on any atom is -0.338 e. The van der Waals surface area contributed by atoms with E-state index in [9.17, 15) is 13.2 Å². The summed E-state index contributed by atoms with van der Waals surface area (Å²) in [6, 6.07) is 3.69. The molecule has 8 heteroatoms. The Morgan fingerprint density at radius 1 is 1.28 bits per heavy atom. The van der Waals surface area contributed by atoms with Crippen LogP contribution < -0.4 is 15.4 Å². The maximum absolute atomic E-state index is 11.3. The van der Waals surface area contributed by atoms with Crippen LogP contribution in [0.15, 0.2) is 17.5 Å². The fourth-order valence-corrected chi connectivity index (χ4v) is 2.41. The molecule has 0 aromatic carbocycles. The van der Waals surface area contributed by atoms with E-state index in [0.717, 1.165) is 12.7 Å². The molecule has 18 heavy (non-hydrogen) atoms.